The van der Waals surface area contributed by atoms with Gasteiger partial charge in [-0.1, -0.05) is 35.4 Å². The van der Waals surface area contributed by atoms with Gasteiger partial charge in [0, 0.05) is 0 Å². The van der Waals surface area contributed by atoms with Crippen LogP contribution in [0.4, 0.5) is 0 Å². The zero-order chi connectivity index (χ0) is 16.8. The van der Waals surface area contributed by atoms with Crippen LogP contribution in [0, 0.1) is 36.4 Å². The molecule has 0 aromatic heterocycles. The molecule has 0 amide bonds. The molecule has 1 aliphatic carbocycles. The molecular formula is C13H9CuN3O6-3. The Bertz CT molecular complexity index is 554. The smallest absolute Gasteiger partial charge is 0.444 e. The summed E-state index contributed by atoms with van der Waals surface area (Å²) >= 11 is 0. The molecule has 2 aromatic rings. The van der Waals surface area contributed by atoms with E-state index >= 15 is 0 Å². The van der Waals surface area contributed by atoms with Crippen LogP contribution in [0.2, 0.25) is 0 Å². The van der Waals surface area contributed by atoms with Gasteiger partial charge < -0.3 is 30.3 Å². The maximum Gasteiger partial charge on any atom is 1.00 e. The average molecular weight is 367 g/mol. The van der Waals surface area contributed by atoms with Crippen LogP contribution in [0.25, 0.3) is 11.1 Å². The van der Waals surface area contributed by atoms with Crippen LogP contribution >= 0.6 is 0 Å². The molecule has 0 atom stereocenters. The molecule has 0 aliphatic heterocycles. The molecule has 126 valence electrons. The van der Waals surface area contributed by atoms with Gasteiger partial charge in [0.2, 0.25) is 0 Å². The van der Waals surface area contributed by atoms with Crippen molar-refractivity contribution in [3.05, 3.63) is 90.0 Å². The van der Waals surface area contributed by atoms with Gasteiger partial charge in [-0.05, 0) is 6.42 Å². The monoisotopic (exact) mass is 366 g/mol. The van der Waals surface area contributed by atoms with Crippen molar-refractivity contribution in [1.29, 1.82) is 0 Å². The topological polar surface area (TPSA) is 157 Å². The Labute approximate surface area is 141 Å². The molecule has 0 fully saturated rings. The summed E-state index contributed by atoms with van der Waals surface area (Å²) < 4.78 is 0. The largest absolute Gasteiger partial charge is 1.00 e. The minimum atomic E-state index is 0. The number of hydrogen-bond donors (Lipinski definition) is 0. The van der Waals surface area contributed by atoms with Crippen molar-refractivity contribution in [2.75, 3.05) is 0 Å². The SMILES string of the molecule is O=N[O-].O=N[O-].O=N[O-].[Cu+].[c-]1cccc2c1Cc1ccccc1-2. The summed E-state index contributed by atoms with van der Waals surface area (Å²) in [6, 6.07) is 18.1. The maximum absolute atomic E-state index is 8.00. The fourth-order valence-electron chi connectivity index (χ4n) is 2.00. The van der Waals surface area contributed by atoms with Gasteiger partial charge >= 0.3 is 17.1 Å². The fraction of sp³-hybridized carbons (Fsp3) is 0.0769. The number of nitrogens with zero attached hydrogens (tertiary/aromatic N) is 3. The van der Waals surface area contributed by atoms with E-state index in [0.29, 0.717) is 0 Å². The van der Waals surface area contributed by atoms with Crippen LogP contribution in [-0.2, 0) is 23.5 Å². The van der Waals surface area contributed by atoms with Crippen LogP contribution in [0.1, 0.15) is 11.1 Å². The van der Waals surface area contributed by atoms with E-state index in [1.807, 2.05) is 6.07 Å². The molecule has 1 aliphatic rings. The normalized spacial score (nSPS) is 8.52. The zero-order valence-corrected chi connectivity index (χ0v) is 12.3. The summed E-state index contributed by atoms with van der Waals surface area (Å²) in [5, 5.41) is 27.0. The standard InChI is InChI=1S/C13H9.Cu.3HNO2/c1-3-7-12-10(5-1)9-11-6-2-4-8-13(11)12;;3*2-1-3/h1-5,7-8H,9H2;;3*(H,2,3)/q-1;+1;;;/p-3. The molecule has 0 heterocycles. The van der Waals surface area contributed by atoms with Crippen molar-refractivity contribution >= 4 is 0 Å². The Morgan fingerprint density at radius 3 is 1.87 bits per heavy atom. The predicted molar refractivity (Wildman–Crippen MR) is 81.0 cm³/mol. The summed E-state index contributed by atoms with van der Waals surface area (Å²) in [6.45, 7) is 0. The number of benzene rings is 2. The van der Waals surface area contributed by atoms with E-state index in [2.05, 4.69) is 42.5 Å². The Hall–Kier alpha value is -2.84. The van der Waals surface area contributed by atoms with E-state index in [9.17, 15) is 0 Å². The van der Waals surface area contributed by atoms with Crippen LogP contribution in [0.15, 0.2) is 58.5 Å². The van der Waals surface area contributed by atoms with Crippen LogP contribution in [-0.4, -0.2) is 0 Å². The third-order valence-corrected chi connectivity index (χ3v) is 2.62. The summed E-state index contributed by atoms with van der Waals surface area (Å²) in [7, 11) is 0. The van der Waals surface area contributed by atoms with Gasteiger partial charge in [0.1, 0.15) is 0 Å². The first-order valence-electron chi connectivity index (χ1n) is 5.62. The van der Waals surface area contributed by atoms with Crippen LogP contribution < -0.4 is 0 Å². The molecule has 9 nitrogen and oxygen atoms in total. The minimum Gasteiger partial charge on any atom is -0.444 e. The third-order valence-electron chi connectivity index (χ3n) is 2.62. The van der Waals surface area contributed by atoms with Crippen molar-refractivity contribution in [3.8, 4) is 11.1 Å². The Kier molecular flexibility index (Phi) is 13.8. The first-order chi connectivity index (χ1) is 10.7. The summed E-state index contributed by atoms with van der Waals surface area (Å²) in [6.07, 6.45) is 1.05. The second kappa shape index (κ2) is 14.1. The molecule has 2 aromatic carbocycles. The summed E-state index contributed by atoms with van der Waals surface area (Å²) in [5.41, 5.74) is 5.51. The first kappa shape index (κ1) is 22.4. The second-order valence-corrected chi connectivity index (χ2v) is 3.62. The van der Waals surface area contributed by atoms with Gasteiger partial charge in [0.25, 0.3) is 0 Å². The van der Waals surface area contributed by atoms with Gasteiger partial charge in [-0.15, -0.1) is 21.6 Å². The Morgan fingerprint density at radius 1 is 0.826 bits per heavy atom. The Balaban J connectivity index is 0. The van der Waals surface area contributed by atoms with Crippen molar-refractivity contribution < 1.29 is 17.1 Å². The minimum absolute atomic E-state index is 0. The quantitative estimate of drug-likeness (QED) is 0.254. The van der Waals surface area contributed by atoms with E-state index < -0.39 is 0 Å². The second-order valence-electron chi connectivity index (χ2n) is 3.62. The van der Waals surface area contributed by atoms with E-state index in [0.717, 1.165) is 22.4 Å². The average Bonchev–Trinajstić information content (AvgIpc) is 2.88. The van der Waals surface area contributed by atoms with Gasteiger partial charge in [-0.3, -0.25) is 0 Å². The van der Waals surface area contributed by atoms with Crippen molar-refractivity contribution in [2.45, 2.75) is 6.42 Å². The van der Waals surface area contributed by atoms with E-state index in [4.69, 9.17) is 30.3 Å². The molecular weight excluding hydrogens is 358 g/mol. The molecule has 23 heavy (non-hydrogen) atoms. The van der Waals surface area contributed by atoms with Gasteiger partial charge in [-0.25, -0.2) is 0 Å². The van der Waals surface area contributed by atoms with Gasteiger partial charge in [0.05, 0.1) is 0 Å². The molecule has 10 heteroatoms. The molecule has 0 saturated heterocycles. The number of fused-ring (bicyclic) bond motifs is 3. The fourth-order valence-corrected chi connectivity index (χ4v) is 2.00. The molecule has 0 N–H and O–H groups in total. The molecule has 0 spiro atoms. The van der Waals surface area contributed by atoms with E-state index in [-0.39, 0.29) is 17.1 Å². The summed E-state index contributed by atoms with van der Waals surface area (Å²) in [4.78, 5) is 24.0. The Morgan fingerprint density at radius 2 is 1.30 bits per heavy atom. The molecule has 0 bridgehead atoms. The van der Waals surface area contributed by atoms with Crippen molar-refractivity contribution in [3.63, 3.8) is 0 Å². The van der Waals surface area contributed by atoms with Crippen LogP contribution in [0.3, 0.4) is 0 Å². The van der Waals surface area contributed by atoms with E-state index in [1.54, 1.807) is 0 Å². The van der Waals surface area contributed by atoms with E-state index in [1.165, 1.54) is 22.3 Å². The van der Waals surface area contributed by atoms with Crippen molar-refractivity contribution in [1.82, 2.24) is 0 Å². The molecule has 0 saturated carbocycles. The number of rotatable bonds is 0. The predicted octanol–water partition coefficient (Wildman–Crippen LogP) is 3.81. The molecule has 3 rings (SSSR count). The van der Waals surface area contributed by atoms with Crippen LogP contribution in [0.5, 0.6) is 0 Å². The zero-order valence-electron chi connectivity index (χ0n) is 11.3. The molecule has 0 radical (unpaired) electrons. The van der Waals surface area contributed by atoms with Gasteiger partial charge in [0.15, 0.2) is 0 Å². The molecule has 0 unspecified atom stereocenters. The number of hydrogen-bond acceptors (Lipinski definition) is 9. The third kappa shape index (κ3) is 7.65. The van der Waals surface area contributed by atoms with Crippen molar-refractivity contribution in [2.24, 2.45) is 16.0 Å². The maximum atomic E-state index is 8.00. The first-order valence-corrected chi connectivity index (χ1v) is 5.62. The van der Waals surface area contributed by atoms with Gasteiger partial charge in [-0.2, -0.15) is 29.8 Å². The summed E-state index contributed by atoms with van der Waals surface area (Å²) in [5.74, 6) is 0.